The van der Waals surface area contributed by atoms with Crippen molar-refractivity contribution in [3.05, 3.63) is 53.5 Å². The third-order valence-electron chi connectivity index (χ3n) is 4.44. The number of hydrogen-bond acceptors (Lipinski definition) is 4. The van der Waals surface area contributed by atoms with Crippen molar-refractivity contribution in [3.63, 3.8) is 0 Å². The van der Waals surface area contributed by atoms with Crippen molar-refractivity contribution in [1.29, 1.82) is 0 Å². The smallest absolute Gasteiger partial charge is 0.259 e. The highest BCUT2D eigenvalue weighted by molar-refractivity contribution is 5.98. The number of aryl methyl sites for hydroxylation is 1. The molecule has 1 amide bonds. The highest BCUT2D eigenvalue weighted by Crippen LogP contribution is 2.23. The molecule has 5 nitrogen and oxygen atoms in total. The molecule has 1 fully saturated rings. The largest absolute Gasteiger partial charge is 0.383 e. The van der Waals surface area contributed by atoms with Gasteiger partial charge in [-0.2, -0.15) is 0 Å². The summed E-state index contributed by atoms with van der Waals surface area (Å²) in [5, 5.41) is 0. The molecule has 0 radical (unpaired) electrons. The average Bonchev–Trinajstić information content (AvgIpc) is 2.56. The molecule has 1 saturated heterocycles. The Morgan fingerprint density at radius 2 is 1.96 bits per heavy atom. The molecule has 0 unspecified atom stereocenters. The van der Waals surface area contributed by atoms with Crippen molar-refractivity contribution in [2.45, 2.75) is 26.2 Å². The highest BCUT2D eigenvalue weighted by Gasteiger charge is 2.25. The van der Waals surface area contributed by atoms with Crippen LogP contribution in [0, 0.1) is 12.8 Å². The molecule has 0 aliphatic carbocycles. The summed E-state index contributed by atoms with van der Waals surface area (Å²) < 4.78 is 0. The van der Waals surface area contributed by atoms with Gasteiger partial charge in [0.25, 0.3) is 5.91 Å². The van der Waals surface area contributed by atoms with Gasteiger partial charge in [0.05, 0.1) is 0 Å². The van der Waals surface area contributed by atoms with Crippen LogP contribution in [0.25, 0.3) is 0 Å². The Morgan fingerprint density at radius 3 is 2.61 bits per heavy atom. The molecule has 1 aromatic heterocycles. The highest BCUT2D eigenvalue weighted by atomic mass is 16.2. The standard InChI is InChI=1S/C18H22N4O/c1-13-20-12-16(17(19)21-13)18(23)22-9-7-15(8-10-22)11-14-5-3-2-4-6-14/h2-6,12,15H,7-11H2,1H3,(H2,19,20,21). The number of hydrogen-bond donors (Lipinski definition) is 1. The Labute approximate surface area is 136 Å². The molecule has 1 aliphatic rings. The molecule has 2 heterocycles. The van der Waals surface area contributed by atoms with Crippen molar-refractivity contribution in [2.75, 3.05) is 18.8 Å². The predicted molar refractivity (Wildman–Crippen MR) is 90.0 cm³/mol. The van der Waals surface area contributed by atoms with Crippen LogP contribution in [0.1, 0.15) is 34.6 Å². The Hall–Kier alpha value is -2.43. The molecular formula is C18H22N4O. The molecule has 2 aromatic rings. The summed E-state index contributed by atoms with van der Waals surface area (Å²) in [6, 6.07) is 10.5. The third kappa shape index (κ3) is 3.67. The van der Waals surface area contributed by atoms with E-state index in [1.54, 1.807) is 6.92 Å². The molecule has 23 heavy (non-hydrogen) atoms. The number of rotatable bonds is 3. The number of carbonyl (C=O) groups excluding carboxylic acids is 1. The Morgan fingerprint density at radius 1 is 1.26 bits per heavy atom. The maximum Gasteiger partial charge on any atom is 0.259 e. The van der Waals surface area contributed by atoms with E-state index in [0.29, 0.717) is 17.3 Å². The minimum atomic E-state index is -0.0549. The fourth-order valence-electron chi connectivity index (χ4n) is 3.11. The van der Waals surface area contributed by atoms with Gasteiger partial charge in [-0.1, -0.05) is 30.3 Å². The van der Waals surface area contributed by atoms with Crippen molar-refractivity contribution < 1.29 is 4.79 Å². The first-order chi connectivity index (χ1) is 11.1. The number of piperidine rings is 1. The molecule has 120 valence electrons. The summed E-state index contributed by atoms with van der Waals surface area (Å²) in [6.45, 7) is 3.30. The summed E-state index contributed by atoms with van der Waals surface area (Å²) in [4.78, 5) is 22.6. The lowest BCUT2D eigenvalue weighted by molar-refractivity contribution is 0.0691. The molecular weight excluding hydrogens is 288 g/mol. The lowest BCUT2D eigenvalue weighted by Crippen LogP contribution is -2.39. The summed E-state index contributed by atoms with van der Waals surface area (Å²) in [5.74, 6) is 1.43. The van der Waals surface area contributed by atoms with E-state index < -0.39 is 0 Å². The maximum atomic E-state index is 12.6. The Bertz CT molecular complexity index is 679. The first kappa shape index (κ1) is 15.5. The number of carbonyl (C=O) groups is 1. The van der Waals surface area contributed by atoms with Gasteiger partial charge < -0.3 is 10.6 Å². The number of likely N-dealkylation sites (tertiary alicyclic amines) is 1. The van der Waals surface area contributed by atoms with Crippen LogP contribution in [-0.2, 0) is 6.42 Å². The minimum Gasteiger partial charge on any atom is -0.383 e. The monoisotopic (exact) mass is 310 g/mol. The van der Waals surface area contributed by atoms with Crippen LogP contribution in [0.2, 0.25) is 0 Å². The number of nitrogen functional groups attached to an aromatic ring is 1. The summed E-state index contributed by atoms with van der Waals surface area (Å²) in [5.41, 5.74) is 7.64. The van der Waals surface area contributed by atoms with Gasteiger partial charge in [-0.25, -0.2) is 9.97 Å². The molecule has 0 saturated carbocycles. The van der Waals surface area contributed by atoms with Crippen LogP contribution in [0.15, 0.2) is 36.5 Å². The second-order valence-corrected chi connectivity index (χ2v) is 6.14. The topological polar surface area (TPSA) is 72.1 Å². The molecule has 1 aliphatic heterocycles. The van der Waals surface area contributed by atoms with Gasteiger partial charge in [0.1, 0.15) is 17.2 Å². The zero-order chi connectivity index (χ0) is 16.2. The molecule has 2 N–H and O–H groups in total. The summed E-state index contributed by atoms with van der Waals surface area (Å²) in [6.07, 6.45) is 4.66. The second-order valence-electron chi connectivity index (χ2n) is 6.14. The number of nitrogens with zero attached hydrogens (tertiary/aromatic N) is 3. The molecule has 0 atom stereocenters. The van der Waals surface area contributed by atoms with Crippen LogP contribution < -0.4 is 5.73 Å². The van der Waals surface area contributed by atoms with Gasteiger partial charge in [0.2, 0.25) is 0 Å². The number of nitrogens with two attached hydrogens (primary N) is 1. The maximum absolute atomic E-state index is 12.6. The SMILES string of the molecule is Cc1ncc(C(=O)N2CCC(Cc3ccccc3)CC2)c(N)n1. The van der Waals surface area contributed by atoms with E-state index in [-0.39, 0.29) is 11.7 Å². The van der Waals surface area contributed by atoms with Gasteiger partial charge in [-0.05, 0) is 37.7 Å². The van der Waals surface area contributed by atoms with Gasteiger partial charge in [0.15, 0.2) is 0 Å². The first-order valence-corrected chi connectivity index (χ1v) is 8.06. The fraction of sp³-hybridized carbons (Fsp3) is 0.389. The summed E-state index contributed by atoms with van der Waals surface area (Å²) >= 11 is 0. The third-order valence-corrected chi connectivity index (χ3v) is 4.44. The van der Waals surface area contributed by atoms with E-state index in [0.717, 1.165) is 32.4 Å². The average molecular weight is 310 g/mol. The number of aromatic nitrogens is 2. The lowest BCUT2D eigenvalue weighted by atomic mass is 9.90. The first-order valence-electron chi connectivity index (χ1n) is 8.06. The van der Waals surface area contributed by atoms with Gasteiger partial charge in [0, 0.05) is 19.3 Å². The van der Waals surface area contributed by atoms with Gasteiger partial charge in [-0.3, -0.25) is 4.79 Å². The van der Waals surface area contributed by atoms with Crippen LogP contribution in [-0.4, -0.2) is 33.9 Å². The van der Waals surface area contributed by atoms with Crippen LogP contribution in [0.5, 0.6) is 0 Å². The van der Waals surface area contributed by atoms with E-state index >= 15 is 0 Å². The van der Waals surface area contributed by atoms with Gasteiger partial charge in [-0.15, -0.1) is 0 Å². The number of amides is 1. The predicted octanol–water partition coefficient (Wildman–Crippen LogP) is 2.46. The minimum absolute atomic E-state index is 0.0549. The van der Waals surface area contributed by atoms with E-state index in [2.05, 4.69) is 34.2 Å². The number of anilines is 1. The van der Waals surface area contributed by atoms with Gasteiger partial charge >= 0.3 is 0 Å². The van der Waals surface area contributed by atoms with E-state index in [1.165, 1.54) is 11.8 Å². The molecule has 0 bridgehead atoms. The van der Waals surface area contributed by atoms with Crippen molar-refractivity contribution in [3.8, 4) is 0 Å². The molecule has 5 heteroatoms. The number of benzene rings is 1. The molecule has 0 spiro atoms. The molecule has 1 aromatic carbocycles. The van der Waals surface area contributed by atoms with Crippen molar-refractivity contribution in [1.82, 2.24) is 14.9 Å². The Balaban J connectivity index is 1.59. The zero-order valence-corrected chi connectivity index (χ0v) is 13.4. The quantitative estimate of drug-likeness (QED) is 0.945. The second kappa shape index (κ2) is 6.77. The van der Waals surface area contributed by atoms with E-state index in [4.69, 9.17) is 5.73 Å². The normalized spacial score (nSPS) is 15.6. The summed E-state index contributed by atoms with van der Waals surface area (Å²) in [7, 11) is 0. The van der Waals surface area contributed by atoms with E-state index in [9.17, 15) is 4.79 Å². The van der Waals surface area contributed by atoms with Crippen molar-refractivity contribution in [2.24, 2.45) is 5.92 Å². The Kier molecular flexibility index (Phi) is 4.55. The fourth-order valence-corrected chi connectivity index (χ4v) is 3.11. The zero-order valence-electron chi connectivity index (χ0n) is 13.4. The van der Waals surface area contributed by atoms with E-state index in [1.807, 2.05) is 11.0 Å². The van der Waals surface area contributed by atoms with Crippen molar-refractivity contribution >= 4 is 11.7 Å². The van der Waals surface area contributed by atoms with Crippen LogP contribution in [0.4, 0.5) is 5.82 Å². The molecule has 3 rings (SSSR count). The lowest BCUT2D eigenvalue weighted by Gasteiger charge is -2.32. The van der Waals surface area contributed by atoms with Crippen LogP contribution in [0.3, 0.4) is 0 Å². The van der Waals surface area contributed by atoms with Crippen LogP contribution >= 0.6 is 0 Å².